The lowest BCUT2D eigenvalue weighted by atomic mass is 9.98. The molecule has 0 aromatic heterocycles. The zero-order valence-corrected chi connectivity index (χ0v) is 13.6. The lowest BCUT2D eigenvalue weighted by Crippen LogP contribution is -2.02. The molecule has 0 aliphatic heterocycles. The molecule has 1 rings (SSSR count). The molecule has 2 atom stereocenters. The van der Waals surface area contributed by atoms with Gasteiger partial charge in [-0.15, -0.1) is 11.6 Å². The van der Waals surface area contributed by atoms with Crippen molar-refractivity contribution in [1.29, 1.82) is 0 Å². The molecule has 0 aliphatic rings. The van der Waals surface area contributed by atoms with Crippen molar-refractivity contribution in [2.45, 2.75) is 32.1 Å². The smallest absolute Gasteiger partial charge is 0.133 e. The van der Waals surface area contributed by atoms with Crippen LogP contribution in [0.25, 0.3) is 0 Å². The minimum Gasteiger partial charge on any atom is -0.496 e. The molecule has 0 spiro atoms. The first kappa shape index (κ1) is 15.6. The third-order valence-corrected chi connectivity index (χ3v) is 4.18. The molecular weight excluding hydrogens is 316 g/mol. The van der Waals surface area contributed by atoms with Crippen molar-refractivity contribution < 1.29 is 9.47 Å². The number of methoxy groups -OCH3 is 2. The van der Waals surface area contributed by atoms with Crippen molar-refractivity contribution in [2.24, 2.45) is 5.92 Å². The summed E-state index contributed by atoms with van der Waals surface area (Å²) < 4.78 is 11.6. The van der Waals surface area contributed by atoms with Crippen LogP contribution in [0.3, 0.4) is 0 Å². The first-order chi connectivity index (χ1) is 8.53. The predicted molar refractivity (Wildman–Crippen MR) is 79.9 cm³/mol. The number of halogens is 2. The summed E-state index contributed by atoms with van der Waals surface area (Å²) in [4.78, 5) is 0. The van der Waals surface area contributed by atoms with E-state index in [-0.39, 0.29) is 5.38 Å². The second-order valence-corrected chi connectivity index (χ2v) is 5.83. The van der Waals surface area contributed by atoms with Crippen LogP contribution >= 0.6 is 27.5 Å². The maximum absolute atomic E-state index is 6.49. The monoisotopic (exact) mass is 334 g/mol. The summed E-state index contributed by atoms with van der Waals surface area (Å²) in [5.41, 5.74) is 0.986. The van der Waals surface area contributed by atoms with E-state index in [2.05, 4.69) is 29.8 Å². The van der Waals surface area contributed by atoms with E-state index >= 15 is 0 Å². The molecular formula is C14H20BrClO2. The first-order valence-corrected chi connectivity index (χ1v) is 7.31. The summed E-state index contributed by atoms with van der Waals surface area (Å²) in [5.74, 6) is 2.17. The van der Waals surface area contributed by atoms with Gasteiger partial charge in [0.25, 0.3) is 0 Å². The molecule has 1 aromatic rings. The van der Waals surface area contributed by atoms with Gasteiger partial charge in [-0.25, -0.2) is 0 Å². The number of hydrogen-bond donors (Lipinski definition) is 0. The van der Waals surface area contributed by atoms with Gasteiger partial charge in [0.15, 0.2) is 0 Å². The molecule has 2 unspecified atom stereocenters. The van der Waals surface area contributed by atoms with Crippen LogP contribution < -0.4 is 9.47 Å². The second-order valence-electron chi connectivity index (χ2n) is 4.45. The standard InChI is InChI=1S/C14H20BrClO2/c1-5-9(2)6-12(16)10-7-14(18-4)11(15)8-13(10)17-3/h7-9,12H,5-6H2,1-4H3. The summed E-state index contributed by atoms with van der Waals surface area (Å²) in [7, 11) is 3.30. The number of hydrogen-bond acceptors (Lipinski definition) is 2. The Bertz CT molecular complexity index is 396. The van der Waals surface area contributed by atoms with Crippen LogP contribution in [0.5, 0.6) is 11.5 Å². The van der Waals surface area contributed by atoms with E-state index in [9.17, 15) is 0 Å². The molecule has 4 heteroatoms. The molecule has 0 aliphatic carbocycles. The Morgan fingerprint density at radius 1 is 1.22 bits per heavy atom. The SMILES string of the molecule is CCC(C)CC(Cl)c1cc(OC)c(Br)cc1OC. The van der Waals surface area contributed by atoms with Gasteiger partial charge in [-0.2, -0.15) is 0 Å². The molecule has 18 heavy (non-hydrogen) atoms. The van der Waals surface area contributed by atoms with Gasteiger partial charge in [0, 0.05) is 5.56 Å². The van der Waals surface area contributed by atoms with Crippen molar-refractivity contribution in [1.82, 2.24) is 0 Å². The Kier molecular flexibility index (Phi) is 6.30. The quantitative estimate of drug-likeness (QED) is 0.667. The number of alkyl halides is 1. The first-order valence-electron chi connectivity index (χ1n) is 6.08. The minimum atomic E-state index is -0.0584. The Morgan fingerprint density at radius 2 is 1.83 bits per heavy atom. The van der Waals surface area contributed by atoms with E-state index in [0.29, 0.717) is 5.92 Å². The van der Waals surface area contributed by atoms with Crippen LogP contribution in [0.2, 0.25) is 0 Å². The molecule has 0 fully saturated rings. The predicted octanol–water partition coefficient (Wildman–Crippen LogP) is 5.18. The molecule has 0 N–H and O–H groups in total. The van der Waals surface area contributed by atoms with Crippen molar-refractivity contribution in [3.63, 3.8) is 0 Å². The second kappa shape index (κ2) is 7.25. The normalized spacial score (nSPS) is 14.1. The fourth-order valence-corrected chi connectivity index (χ4v) is 2.73. The highest BCUT2D eigenvalue weighted by Gasteiger charge is 2.18. The van der Waals surface area contributed by atoms with E-state index in [4.69, 9.17) is 21.1 Å². The average molecular weight is 336 g/mol. The van der Waals surface area contributed by atoms with Gasteiger partial charge in [-0.1, -0.05) is 20.3 Å². The zero-order chi connectivity index (χ0) is 13.7. The largest absolute Gasteiger partial charge is 0.496 e. The van der Waals surface area contributed by atoms with Crippen molar-refractivity contribution in [3.8, 4) is 11.5 Å². The van der Waals surface area contributed by atoms with E-state index in [1.54, 1.807) is 14.2 Å². The third kappa shape index (κ3) is 3.79. The molecule has 0 heterocycles. The molecule has 0 bridgehead atoms. The van der Waals surface area contributed by atoms with Gasteiger partial charge >= 0.3 is 0 Å². The van der Waals surface area contributed by atoms with Gasteiger partial charge in [0.05, 0.1) is 24.1 Å². The molecule has 0 radical (unpaired) electrons. The van der Waals surface area contributed by atoms with Crippen LogP contribution in [-0.4, -0.2) is 14.2 Å². The fourth-order valence-electron chi connectivity index (χ4n) is 1.78. The van der Waals surface area contributed by atoms with Gasteiger partial charge in [-0.05, 0) is 40.4 Å². The van der Waals surface area contributed by atoms with E-state index in [0.717, 1.165) is 34.4 Å². The number of ether oxygens (including phenoxy) is 2. The Morgan fingerprint density at radius 3 is 2.33 bits per heavy atom. The minimum absolute atomic E-state index is 0.0584. The zero-order valence-electron chi connectivity index (χ0n) is 11.3. The van der Waals surface area contributed by atoms with Crippen LogP contribution in [0.4, 0.5) is 0 Å². The summed E-state index contributed by atoms with van der Waals surface area (Å²) in [6, 6.07) is 3.85. The lowest BCUT2D eigenvalue weighted by Gasteiger charge is -2.18. The average Bonchev–Trinajstić information content (AvgIpc) is 2.37. The molecule has 0 saturated carbocycles. The summed E-state index contributed by atoms with van der Waals surface area (Å²) >= 11 is 9.94. The van der Waals surface area contributed by atoms with E-state index in [1.807, 2.05) is 12.1 Å². The highest BCUT2D eigenvalue weighted by molar-refractivity contribution is 9.10. The van der Waals surface area contributed by atoms with Crippen LogP contribution in [0.15, 0.2) is 16.6 Å². The van der Waals surface area contributed by atoms with Gasteiger partial charge in [0.2, 0.25) is 0 Å². The maximum Gasteiger partial charge on any atom is 0.133 e. The van der Waals surface area contributed by atoms with Gasteiger partial charge in [0.1, 0.15) is 11.5 Å². The Labute approximate surface area is 123 Å². The number of benzene rings is 1. The summed E-state index contributed by atoms with van der Waals surface area (Å²) in [5, 5.41) is -0.0584. The molecule has 2 nitrogen and oxygen atoms in total. The molecule has 0 amide bonds. The highest BCUT2D eigenvalue weighted by atomic mass is 79.9. The molecule has 1 aromatic carbocycles. The van der Waals surface area contributed by atoms with Crippen molar-refractivity contribution >= 4 is 27.5 Å². The Balaban J connectivity index is 3.05. The third-order valence-electron chi connectivity index (χ3n) is 3.15. The van der Waals surface area contributed by atoms with Crippen molar-refractivity contribution in [3.05, 3.63) is 22.2 Å². The Hall–Kier alpha value is -0.410. The maximum atomic E-state index is 6.49. The van der Waals surface area contributed by atoms with Crippen LogP contribution in [0.1, 0.15) is 37.6 Å². The van der Waals surface area contributed by atoms with Gasteiger partial charge in [-0.3, -0.25) is 0 Å². The van der Waals surface area contributed by atoms with Crippen LogP contribution in [-0.2, 0) is 0 Å². The summed E-state index contributed by atoms with van der Waals surface area (Å²) in [6.45, 7) is 4.38. The summed E-state index contributed by atoms with van der Waals surface area (Å²) in [6.07, 6.45) is 2.05. The number of rotatable bonds is 6. The lowest BCUT2D eigenvalue weighted by molar-refractivity contribution is 0.393. The van der Waals surface area contributed by atoms with E-state index < -0.39 is 0 Å². The fraction of sp³-hybridized carbons (Fsp3) is 0.571. The molecule has 0 saturated heterocycles. The highest BCUT2D eigenvalue weighted by Crippen LogP contribution is 2.40. The van der Waals surface area contributed by atoms with Crippen LogP contribution in [0, 0.1) is 5.92 Å². The molecule has 102 valence electrons. The topological polar surface area (TPSA) is 18.5 Å². The van der Waals surface area contributed by atoms with Crippen molar-refractivity contribution in [2.75, 3.05) is 14.2 Å². The van der Waals surface area contributed by atoms with Gasteiger partial charge < -0.3 is 9.47 Å². The van der Waals surface area contributed by atoms with E-state index in [1.165, 1.54) is 0 Å².